The Kier molecular flexibility index (Phi) is 6.99. The number of halogens is 1. The second-order valence-corrected chi connectivity index (χ2v) is 6.56. The molecule has 0 spiro atoms. The van der Waals surface area contributed by atoms with Gasteiger partial charge in [0, 0.05) is 24.9 Å². The van der Waals surface area contributed by atoms with Crippen LogP contribution in [0.2, 0.25) is 0 Å². The Morgan fingerprint density at radius 1 is 1.50 bits per heavy atom. The first kappa shape index (κ1) is 18.6. The molecule has 122 valence electrons. The Morgan fingerprint density at radius 2 is 2.27 bits per heavy atom. The number of amides is 1. The van der Waals surface area contributed by atoms with E-state index in [0.29, 0.717) is 37.5 Å². The molecule has 1 amide bonds. The molecule has 0 unspecified atom stereocenters. The van der Waals surface area contributed by atoms with Gasteiger partial charge in [0.25, 0.3) is 0 Å². The Hall–Kier alpha value is -1.44. The maximum absolute atomic E-state index is 11.6. The van der Waals surface area contributed by atoms with E-state index in [9.17, 15) is 4.79 Å². The summed E-state index contributed by atoms with van der Waals surface area (Å²) in [5.74, 6) is 1.16. The van der Waals surface area contributed by atoms with Crippen LogP contribution in [0.25, 0.3) is 10.7 Å². The number of hydrogen-bond donors (Lipinski definition) is 2. The van der Waals surface area contributed by atoms with Crippen molar-refractivity contribution < 1.29 is 9.32 Å². The second-order valence-electron chi connectivity index (χ2n) is 5.61. The molecule has 8 heteroatoms. The van der Waals surface area contributed by atoms with Crippen LogP contribution in [0.1, 0.15) is 32.6 Å². The highest BCUT2D eigenvalue weighted by Crippen LogP contribution is 2.21. The van der Waals surface area contributed by atoms with Gasteiger partial charge in [-0.15, -0.1) is 23.7 Å². The zero-order valence-corrected chi connectivity index (χ0v) is 14.3. The summed E-state index contributed by atoms with van der Waals surface area (Å²) < 4.78 is 5.18. The van der Waals surface area contributed by atoms with Crippen LogP contribution in [0.15, 0.2) is 22.0 Å². The average molecular weight is 345 g/mol. The minimum absolute atomic E-state index is 0. The lowest BCUT2D eigenvalue weighted by Gasteiger charge is -2.18. The number of thiophene rings is 1. The number of rotatable bonds is 7. The largest absolute Gasteiger partial charge is 0.354 e. The average Bonchev–Trinajstić information content (AvgIpc) is 3.06. The van der Waals surface area contributed by atoms with Crippen LogP contribution < -0.4 is 11.1 Å². The number of nitrogens with one attached hydrogen (secondary N) is 1. The molecule has 0 aromatic carbocycles. The number of carbonyl (C=O) groups is 1. The van der Waals surface area contributed by atoms with E-state index in [1.165, 1.54) is 0 Å². The van der Waals surface area contributed by atoms with E-state index in [1.54, 1.807) is 11.3 Å². The molecule has 0 fully saturated rings. The Bertz CT molecular complexity index is 578. The molecule has 0 aliphatic carbocycles. The molecule has 3 N–H and O–H groups in total. The van der Waals surface area contributed by atoms with Crippen molar-refractivity contribution in [1.82, 2.24) is 15.5 Å². The fourth-order valence-corrected chi connectivity index (χ4v) is 2.33. The van der Waals surface area contributed by atoms with Gasteiger partial charge in [0.2, 0.25) is 17.6 Å². The van der Waals surface area contributed by atoms with Crippen LogP contribution in [-0.4, -0.2) is 28.1 Å². The van der Waals surface area contributed by atoms with Crippen molar-refractivity contribution >= 4 is 29.7 Å². The van der Waals surface area contributed by atoms with Crippen LogP contribution in [-0.2, 0) is 11.2 Å². The highest BCUT2D eigenvalue weighted by molar-refractivity contribution is 7.13. The van der Waals surface area contributed by atoms with Crippen molar-refractivity contribution in [3.05, 3.63) is 23.4 Å². The van der Waals surface area contributed by atoms with Crippen molar-refractivity contribution in [2.75, 3.05) is 6.54 Å². The van der Waals surface area contributed by atoms with Gasteiger partial charge in [-0.05, 0) is 31.7 Å². The molecule has 2 rings (SSSR count). The third-order valence-electron chi connectivity index (χ3n) is 2.75. The Balaban J connectivity index is 0.00000242. The zero-order valence-electron chi connectivity index (χ0n) is 12.7. The van der Waals surface area contributed by atoms with Gasteiger partial charge in [0.15, 0.2) is 0 Å². The van der Waals surface area contributed by atoms with E-state index in [-0.39, 0.29) is 18.3 Å². The molecule has 2 heterocycles. The number of carbonyl (C=O) groups excluding carboxylic acids is 1. The third-order valence-corrected chi connectivity index (χ3v) is 3.61. The van der Waals surface area contributed by atoms with Crippen molar-refractivity contribution in [1.29, 1.82) is 0 Å². The van der Waals surface area contributed by atoms with E-state index < -0.39 is 5.54 Å². The van der Waals surface area contributed by atoms with E-state index in [4.69, 9.17) is 10.3 Å². The molecule has 0 aliphatic rings. The summed E-state index contributed by atoms with van der Waals surface area (Å²) in [7, 11) is 0. The highest BCUT2D eigenvalue weighted by Gasteiger charge is 2.13. The van der Waals surface area contributed by atoms with Gasteiger partial charge >= 0.3 is 0 Å². The molecule has 0 saturated carbocycles. The maximum Gasteiger partial charge on any atom is 0.226 e. The van der Waals surface area contributed by atoms with Crippen LogP contribution in [0.5, 0.6) is 0 Å². The van der Waals surface area contributed by atoms with E-state index in [2.05, 4.69) is 15.5 Å². The second kappa shape index (κ2) is 8.26. The summed E-state index contributed by atoms with van der Waals surface area (Å²) in [6.45, 7) is 4.21. The van der Waals surface area contributed by atoms with Gasteiger partial charge in [-0.1, -0.05) is 11.2 Å². The summed E-state index contributed by atoms with van der Waals surface area (Å²) in [6, 6.07) is 3.89. The molecule has 0 radical (unpaired) electrons. The molecular formula is C14H21ClN4O2S. The zero-order chi connectivity index (χ0) is 15.3. The summed E-state index contributed by atoms with van der Waals surface area (Å²) in [5, 5.41) is 8.71. The SMILES string of the molecule is CC(C)(N)CNC(=O)CCCc1nc(-c2cccs2)no1.Cl. The minimum atomic E-state index is -0.391. The van der Waals surface area contributed by atoms with E-state index in [0.717, 1.165) is 4.88 Å². The van der Waals surface area contributed by atoms with Gasteiger partial charge in [-0.25, -0.2) is 0 Å². The first-order chi connectivity index (χ1) is 9.94. The molecule has 0 saturated heterocycles. The first-order valence-electron chi connectivity index (χ1n) is 6.86. The molecule has 0 bridgehead atoms. The van der Waals surface area contributed by atoms with Crippen molar-refractivity contribution in [2.45, 2.75) is 38.6 Å². The maximum atomic E-state index is 11.6. The summed E-state index contributed by atoms with van der Waals surface area (Å²) >= 11 is 1.57. The number of hydrogen-bond acceptors (Lipinski definition) is 6. The van der Waals surface area contributed by atoms with E-state index >= 15 is 0 Å². The van der Waals surface area contributed by atoms with Gasteiger partial charge in [-0.3, -0.25) is 4.79 Å². The lowest BCUT2D eigenvalue weighted by atomic mass is 10.1. The first-order valence-corrected chi connectivity index (χ1v) is 7.74. The molecule has 0 aliphatic heterocycles. The van der Waals surface area contributed by atoms with Crippen LogP contribution >= 0.6 is 23.7 Å². The third kappa shape index (κ3) is 6.13. The predicted molar refractivity (Wildman–Crippen MR) is 89.1 cm³/mol. The molecule has 0 atom stereocenters. The Morgan fingerprint density at radius 3 is 2.91 bits per heavy atom. The molecule has 6 nitrogen and oxygen atoms in total. The standard InChI is InChI=1S/C14H20N4O2S.ClH/c1-14(2,15)9-16-11(19)6-3-7-12-17-13(18-20-12)10-5-4-8-21-10;/h4-5,8H,3,6-7,9,15H2,1-2H3,(H,16,19);1H. The molecule has 22 heavy (non-hydrogen) atoms. The highest BCUT2D eigenvalue weighted by atomic mass is 35.5. The number of aromatic nitrogens is 2. The van der Waals surface area contributed by atoms with Crippen molar-refractivity contribution in [3.63, 3.8) is 0 Å². The lowest BCUT2D eigenvalue weighted by Crippen LogP contribution is -2.45. The monoisotopic (exact) mass is 344 g/mol. The van der Waals surface area contributed by atoms with E-state index in [1.807, 2.05) is 31.4 Å². The number of nitrogens with two attached hydrogens (primary N) is 1. The summed E-state index contributed by atoms with van der Waals surface area (Å²) in [6.07, 6.45) is 1.69. The van der Waals surface area contributed by atoms with Gasteiger partial charge in [-0.2, -0.15) is 4.98 Å². The smallest absolute Gasteiger partial charge is 0.226 e. The minimum Gasteiger partial charge on any atom is -0.354 e. The molecule has 2 aromatic heterocycles. The predicted octanol–water partition coefficient (Wildman–Crippen LogP) is 2.40. The van der Waals surface area contributed by atoms with Crippen LogP contribution in [0.4, 0.5) is 0 Å². The van der Waals surface area contributed by atoms with Crippen LogP contribution in [0, 0.1) is 0 Å². The van der Waals surface area contributed by atoms with Crippen molar-refractivity contribution in [3.8, 4) is 10.7 Å². The normalized spacial score (nSPS) is 11.0. The van der Waals surface area contributed by atoms with Crippen LogP contribution in [0.3, 0.4) is 0 Å². The summed E-state index contributed by atoms with van der Waals surface area (Å²) in [5.41, 5.74) is 5.41. The number of nitrogens with zero attached hydrogens (tertiary/aromatic N) is 2. The topological polar surface area (TPSA) is 94.0 Å². The van der Waals surface area contributed by atoms with Gasteiger partial charge in [0.05, 0.1) is 4.88 Å². The number of aryl methyl sites for hydroxylation is 1. The Labute approximate surface area is 139 Å². The fraction of sp³-hybridized carbons (Fsp3) is 0.500. The van der Waals surface area contributed by atoms with Gasteiger partial charge < -0.3 is 15.6 Å². The fourth-order valence-electron chi connectivity index (χ4n) is 1.68. The molecule has 2 aromatic rings. The molecular weight excluding hydrogens is 324 g/mol. The summed E-state index contributed by atoms with van der Waals surface area (Å²) in [4.78, 5) is 16.9. The van der Waals surface area contributed by atoms with Gasteiger partial charge in [0.1, 0.15) is 0 Å². The van der Waals surface area contributed by atoms with Crippen molar-refractivity contribution in [2.24, 2.45) is 5.73 Å². The lowest BCUT2D eigenvalue weighted by molar-refractivity contribution is -0.121. The quantitative estimate of drug-likeness (QED) is 0.804.